The average Bonchev–Trinajstić information content (AvgIpc) is 4.01. The van der Waals surface area contributed by atoms with Crippen LogP contribution < -0.4 is 31.9 Å². The third-order valence-electron chi connectivity index (χ3n) is 10.6. The molecule has 57 heavy (non-hydrogen) atoms. The lowest BCUT2D eigenvalue weighted by atomic mass is 9.97. The van der Waals surface area contributed by atoms with Crippen LogP contribution in [0.2, 0.25) is 0 Å². The van der Waals surface area contributed by atoms with Crippen LogP contribution in [0.5, 0.6) is 0 Å². The van der Waals surface area contributed by atoms with Gasteiger partial charge in [-0.25, -0.2) is 9.78 Å². The van der Waals surface area contributed by atoms with Crippen molar-refractivity contribution in [1.82, 2.24) is 46.8 Å². The van der Waals surface area contributed by atoms with Gasteiger partial charge in [0.05, 0.1) is 19.0 Å². The van der Waals surface area contributed by atoms with Crippen molar-refractivity contribution >= 4 is 41.4 Å². The Kier molecular flexibility index (Phi) is 16.5. The van der Waals surface area contributed by atoms with Gasteiger partial charge in [-0.3, -0.25) is 28.8 Å². The van der Waals surface area contributed by atoms with Crippen molar-refractivity contribution in [2.75, 3.05) is 19.7 Å². The Labute approximate surface area is 332 Å². The van der Waals surface area contributed by atoms with Gasteiger partial charge in [0.2, 0.25) is 35.4 Å². The van der Waals surface area contributed by atoms with E-state index < -0.39 is 90.3 Å². The second kappa shape index (κ2) is 21.2. The Morgan fingerprint density at radius 1 is 0.825 bits per heavy atom. The van der Waals surface area contributed by atoms with Gasteiger partial charge in [0.15, 0.2) is 0 Å². The molecule has 8 atom stereocenters. The highest BCUT2D eigenvalue weighted by Crippen LogP contribution is 2.21. The Balaban J connectivity index is 1.47. The van der Waals surface area contributed by atoms with E-state index >= 15 is 0 Å². The molecule has 3 heterocycles. The summed E-state index contributed by atoms with van der Waals surface area (Å²) in [5.74, 6) is -5.87. The number of aromatic amines is 1. The summed E-state index contributed by atoms with van der Waals surface area (Å²) in [7, 11) is 0. The van der Waals surface area contributed by atoms with Gasteiger partial charge in [-0.15, -0.1) is 0 Å². The number of aromatic nitrogens is 2. The molecule has 0 radical (unpaired) electrons. The highest BCUT2D eigenvalue weighted by atomic mass is 16.4. The summed E-state index contributed by atoms with van der Waals surface area (Å²) in [6, 6.07) is 1.25. The summed E-state index contributed by atoms with van der Waals surface area (Å²) in [6.45, 7) is 7.07. The van der Waals surface area contributed by atoms with Gasteiger partial charge in [0.25, 0.3) is 0 Å². The molecule has 0 spiro atoms. The number of H-pyrrole nitrogens is 1. The van der Waals surface area contributed by atoms with Crippen LogP contribution in [0.25, 0.3) is 0 Å². The van der Waals surface area contributed by atoms with Crippen LogP contribution >= 0.6 is 0 Å². The number of likely N-dealkylation sites (tertiary alicyclic amines) is 1. The maximum atomic E-state index is 14.3. The normalized spacial score (nSPS) is 19.7. The maximum absolute atomic E-state index is 14.3. The molecule has 4 rings (SSSR count). The fourth-order valence-electron chi connectivity index (χ4n) is 7.01. The van der Waals surface area contributed by atoms with Crippen LogP contribution in [0.3, 0.4) is 0 Å². The number of hydrogen-bond acceptors (Lipinski definition) is 10. The zero-order valence-corrected chi connectivity index (χ0v) is 33.0. The molecule has 2 saturated heterocycles. The van der Waals surface area contributed by atoms with Gasteiger partial charge in [0, 0.05) is 31.3 Å². The van der Waals surface area contributed by atoms with Crippen molar-refractivity contribution in [3.8, 4) is 0 Å². The number of aliphatic carboxylic acids is 1. The van der Waals surface area contributed by atoms with E-state index in [1.807, 2.05) is 0 Å². The molecule has 1 aromatic heterocycles. The monoisotopic (exact) mass is 795 g/mol. The molecule has 2 fully saturated rings. The number of imidazole rings is 1. The summed E-state index contributed by atoms with van der Waals surface area (Å²) in [6.07, 6.45) is 5.51. The third kappa shape index (κ3) is 12.3. The molecule has 1 aromatic carbocycles. The predicted octanol–water partition coefficient (Wildman–Crippen LogP) is -0.859. The van der Waals surface area contributed by atoms with Crippen LogP contribution in [-0.4, -0.2) is 128 Å². The van der Waals surface area contributed by atoms with Crippen molar-refractivity contribution in [3.63, 3.8) is 0 Å². The first-order valence-corrected chi connectivity index (χ1v) is 19.6. The third-order valence-corrected chi connectivity index (χ3v) is 10.6. The van der Waals surface area contributed by atoms with E-state index in [0.29, 0.717) is 37.1 Å². The number of benzene rings is 1. The second-order valence-electron chi connectivity index (χ2n) is 15.1. The van der Waals surface area contributed by atoms with E-state index in [9.17, 15) is 43.8 Å². The molecule has 2 aliphatic rings. The minimum absolute atomic E-state index is 0.0393. The van der Waals surface area contributed by atoms with Gasteiger partial charge < -0.3 is 52.0 Å². The summed E-state index contributed by atoms with van der Waals surface area (Å²) in [5, 5.41) is 36.4. The summed E-state index contributed by atoms with van der Waals surface area (Å²) in [5.41, 5.74) is 1.22. The first-order valence-electron chi connectivity index (χ1n) is 19.6. The lowest BCUT2D eigenvalue weighted by molar-refractivity contribution is -0.145. The minimum atomic E-state index is -1.47. The molecule has 2 aromatic rings. The number of amides is 6. The van der Waals surface area contributed by atoms with Crippen molar-refractivity contribution in [2.24, 2.45) is 11.8 Å². The largest absolute Gasteiger partial charge is 0.480 e. The Hall–Kier alpha value is -5.36. The van der Waals surface area contributed by atoms with Gasteiger partial charge in [-0.1, -0.05) is 64.4 Å². The highest BCUT2D eigenvalue weighted by molar-refractivity contribution is 5.97. The Morgan fingerprint density at radius 2 is 1.53 bits per heavy atom. The lowest BCUT2D eigenvalue weighted by Crippen LogP contribution is -2.62. The van der Waals surface area contributed by atoms with Gasteiger partial charge in [-0.2, -0.15) is 0 Å². The topological polar surface area (TPSA) is 264 Å². The molecule has 6 amide bonds. The molecule has 0 unspecified atom stereocenters. The number of aliphatic hydroxyl groups excluding tert-OH is 1. The quantitative estimate of drug-likeness (QED) is 0.0797. The molecule has 18 nitrogen and oxygen atoms in total. The van der Waals surface area contributed by atoms with Crippen LogP contribution in [-0.2, 0) is 46.4 Å². The minimum Gasteiger partial charge on any atom is -0.480 e. The average molecular weight is 796 g/mol. The number of carboxylic acid groups (broad SMARTS) is 1. The first-order chi connectivity index (χ1) is 27.2. The molecule has 18 heteroatoms. The van der Waals surface area contributed by atoms with Crippen molar-refractivity contribution < 1.29 is 43.8 Å². The van der Waals surface area contributed by atoms with E-state index in [1.54, 1.807) is 58.0 Å². The smallest absolute Gasteiger partial charge is 0.326 e. The fourth-order valence-corrected chi connectivity index (χ4v) is 7.01. The van der Waals surface area contributed by atoms with Crippen LogP contribution in [0.1, 0.15) is 71.1 Å². The predicted molar refractivity (Wildman–Crippen MR) is 207 cm³/mol. The number of carboxylic acids is 1. The number of hydrogen-bond donors (Lipinski definition) is 9. The molecule has 0 bridgehead atoms. The molecule has 2 aliphatic heterocycles. The van der Waals surface area contributed by atoms with Gasteiger partial charge in [-0.05, 0) is 49.6 Å². The summed E-state index contributed by atoms with van der Waals surface area (Å²) >= 11 is 0. The van der Waals surface area contributed by atoms with E-state index in [0.717, 1.165) is 6.42 Å². The number of carbonyl (C=O) groups excluding carboxylic acids is 6. The number of nitrogens with zero attached hydrogens (tertiary/aromatic N) is 2. The standard InChI is InChI=1S/C39H57N9O9/c1-5-23(4)32(47-34(51)29(20-49)45-36(53)31(22(2)3)46-33(50)26-13-9-15-41-26)37(54)43-27(18-25-19-40-21-42-25)38(55)48-16-10-14-30(48)35(52)44-28(39(56)57)17-24-11-7-6-8-12-24/h6-8,11-12,19,21-23,26-32,41,49H,5,9-10,13-18,20H2,1-4H3,(H,40,42)(H,43,54)(H,44,52)(H,45,53)(H,46,50)(H,47,51)(H,56,57)/t23-,26-,27-,28-,29-,30-,31-,32-/m0/s1. The molecule has 9 N–H and O–H groups in total. The van der Waals surface area contributed by atoms with Crippen LogP contribution in [0.4, 0.5) is 0 Å². The van der Waals surface area contributed by atoms with Gasteiger partial charge >= 0.3 is 5.97 Å². The second-order valence-corrected chi connectivity index (χ2v) is 15.1. The lowest BCUT2D eigenvalue weighted by Gasteiger charge is -2.31. The number of nitrogens with one attached hydrogen (secondary N) is 7. The summed E-state index contributed by atoms with van der Waals surface area (Å²) < 4.78 is 0. The number of rotatable bonds is 20. The highest BCUT2D eigenvalue weighted by Gasteiger charge is 2.41. The van der Waals surface area contributed by atoms with E-state index in [4.69, 9.17) is 0 Å². The van der Waals surface area contributed by atoms with Crippen LogP contribution in [0, 0.1) is 11.8 Å². The Morgan fingerprint density at radius 3 is 2.12 bits per heavy atom. The SMILES string of the molecule is CC[C@H](C)[C@H](NC(=O)[C@H](CO)NC(=O)[C@@H](NC(=O)[C@@H]1CCCN1)C(C)C)C(=O)N[C@@H](Cc1cnc[nH]1)C(=O)N1CCC[C@H]1C(=O)N[C@@H](Cc1ccccc1)C(=O)O. The molecular formula is C39H57N9O9. The zero-order chi connectivity index (χ0) is 41.6. The number of carbonyl (C=O) groups is 7. The van der Waals surface area contributed by atoms with Crippen molar-refractivity contribution in [3.05, 3.63) is 54.1 Å². The number of aliphatic hydroxyl groups is 1. The van der Waals surface area contributed by atoms with E-state index in [2.05, 4.69) is 41.9 Å². The van der Waals surface area contributed by atoms with E-state index in [1.165, 1.54) is 17.4 Å². The van der Waals surface area contributed by atoms with Crippen LogP contribution in [0.15, 0.2) is 42.9 Å². The molecule has 0 aliphatic carbocycles. The van der Waals surface area contributed by atoms with E-state index in [-0.39, 0.29) is 37.6 Å². The molecule has 312 valence electrons. The fraction of sp³-hybridized carbons (Fsp3) is 0.590. The first kappa shape index (κ1) is 44.4. The molecule has 0 saturated carbocycles. The zero-order valence-electron chi connectivity index (χ0n) is 33.0. The Bertz CT molecular complexity index is 1680. The van der Waals surface area contributed by atoms with Gasteiger partial charge in [0.1, 0.15) is 36.3 Å². The van der Waals surface area contributed by atoms with Crippen molar-refractivity contribution in [1.29, 1.82) is 0 Å². The van der Waals surface area contributed by atoms with Crippen molar-refractivity contribution in [2.45, 2.75) is 115 Å². The summed E-state index contributed by atoms with van der Waals surface area (Å²) in [4.78, 5) is 102. The maximum Gasteiger partial charge on any atom is 0.326 e. The molecular weight excluding hydrogens is 738 g/mol.